The Morgan fingerprint density at radius 3 is 1.21 bits per heavy atom. The number of nitrogens with zero attached hydrogens (tertiary/aromatic N) is 1. The Kier molecular flexibility index (Phi) is 4.90. The van der Waals surface area contributed by atoms with E-state index in [2.05, 4.69) is 0 Å². The minimum Gasteiger partial charge on any atom is -0.349 e. The van der Waals surface area contributed by atoms with E-state index in [1.54, 1.807) is 0 Å². The molecule has 0 saturated carbocycles. The molecule has 174 valence electrons. The highest BCUT2D eigenvalue weighted by molar-refractivity contribution is 5.99. The van der Waals surface area contributed by atoms with Crippen molar-refractivity contribution in [1.29, 1.82) is 0 Å². The molecule has 1 aliphatic heterocycles. The number of fused-ring (bicyclic) bond motifs is 2. The summed E-state index contributed by atoms with van der Waals surface area (Å²) in [5.41, 5.74) is -11.7. The smallest absolute Gasteiger partial charge is 0.200 e. The fraction of sp³-hybridized carbons (Fsp3) is 0. The number of benzene rings is 3. The third-order valence-corrected chi connectivity index (χ3v) is 4.64. The lowest BCUT2D eigenvalue weighted by Crippen LogP contribution is -2.22. The quantitative estimate of drug-likeness (QED) is 0.169. The Bertz CT molecular complexity index is 1360. The summed E-state index contributed by atoms with van der Waals surface area (Å²) in [7, 11) is 0. The molecule has 0 atom stereocenters. The number of nitrogens with one attached hydrogen (secondary N) is 1. The molecule has 0 fully saturated rings. The Hall–Kier alpha value is -3.65. The van der Waals surface area contributed by atoms with Crippen molar-refractivity contribution in [2.75, 3.05) is 10.4 Å². The second kappa shape index (κ2) is 7.18. The monoisotopic (exact) mass is 492 g/mol. The van der Waals surface area contributed by atoms with Gasteiger partial charge in [0.25, 0.3) is 0 Å². The fourth-order valence-corrected chi connectivity index (χ4v) is 3.17. The predicted molar refractivity (Wildman–Crippen MR) is 84.3 cm³/mol. The molecule has 0 saturated heterocycles. The highest BCUT2D eigenvalue weighted by Gasteiger charge is 2.41. The summed E-state index contributed by atoms with van der Waals surface area (Å²) in [6, 6.07) is 0. The largest absolute Gasteiger partial charge is 0.349 e. The van der Waals surface area contributed by atoms with Gasteiger partial charge in [0, 0.05) is 0 Å². The van der Waals surface area contributed by atoms with E-state index in [0.717, 1.165) is 0 Å². The Balaban J connectivity index is 2.18. The second-order valence-electron chi connectivity index (χ2n) is 6.37. The molecule has 33 heavy (non-hydrogen) atoms. The minimum atomic E-state index is -2.76. The van der Waals surface area contributed by atoms with E-state index < -0.39 is 109 Å². The highest BCUT2D eigenvalue weighted by atomic mass is 19.2. The molecule has 0 bridgehead atoms. The number of hydrogen-bond acceptors (Lipinski definition) is 2. The standard InChI is InChI=1S/C18HF13N2/c19-3-1(4(20)7(23)9(25)6(3)22)2-5(21)8(24)13(29)17-15(2)32-16-12(28)10(26)11(27)14(30)18(16)33(17)31/h32H. The van der Waals surface area contributed by atoms with Gasteiger partial charge in [0.1, 0.15) is 17.1 Å². The van der Waals surface area contributed by atoms with E-state index in [-0.39, 0.29) is 0 Å². The first kappa shape index (κ1) is 22.5. The van der Waals surface area contributed by atoms with Crippen molar-refractivity contribution in [3.63, 3.8) is 0 Å². The molecule has 0 aromatic heterocycles. The fourth-order valence-electron chi connectivity index (χ4n) is 3.17. The van der Waals surface area contributed by atoms with Crippen LogP contribution in [0.3, 0.4) is 0 Å². The summed E-state index contributed by atoms with van der Waals surface area (Å²) in [4.78, 5) is 0. The van der Waals surface area contributed by atoms with Crippen LogP contribution >= 0.6 is 0 Å². The van der Waals surface area contributed by atoms with Gasteiger partial charge < -0.3 is 5.32 Å². The van der Waals surface area contributed by atoms with Gasteiger partial charge in [0.05, 0.1) is 16.8 Å². The lowest BCUT2D eigenvalue weighted by atomic mass is 9.97. The van der Waals surface area contributed by atoms with Crippen molar-refractivity contribution in [2.24, 2.45) is 0 Å². The highest BCUT2D eigenvalue weighted by Crippen LogP contribution is 2.54. The van der Waals surface area contributed by atoms with Gasteiger partial charge >= 0.3 is 0 Å². The van der Waals surface area contributed by atoms with Crippen LogP contribution in [0.2, 0.25) is 0 Å². The van der Waals surface area contributed by atoms with E-state index in [1.165, 1.54) is 5.32 Å². The van der Waals surface area contributed by atoms with E-state index in [4.69, 9.17) is 0 Å². The summed E-state index contributed by atoms with van der Waals surface area (Å²) in [6.07, 6.45) is 0. The lowest BCUT2D eigenvalue weighted by Gasteiger charge is -2.30. The Labute approximate surface area is 172 Å². The molecule has 1 aliphatic rings. The van der Waals surface area contributed by atoms with Gasteiger partial charge in [0.2, 0.25) is 5.82 Å². The van der Waals surface area contributed by atoms with Gasteiger partial charge in [-0.2, -0.15) is 5.12 Å². The molecule has 4 rings (SSSR count). The second-order valence-corrected chi connectivity index (χ2v) is 6.37. The summed E-state index contributed by atoms with van der Waals surface area (Å²) in [5.74, 6) is -31.7. The third-order valence-electron chi connectivity index (χ3n) is 4.64. The van der Waals surface area contributed by atoms with Crippen molar-refractivity contribution >= 4 is 22.7 Å². The molecule has 1 heterocycles. The van der Waals surface area contributed by atoms with Crippen LogP contribution in [0, 0.1) is 69.8 Å². The van der Waals surface area contributed by atoms with E-state index in [9.17, 15) is 57.2 Å². The molecule has 3 aromatic rings. The van der Waals surface area contributed by atoms with Crippen LogP contribution in [0.5, 0.6) is 0 Å². The van der Waals surface area contributed by atoms with E-state index in [1.807, 2.05) is 0 Å². The van der Waals surface area contributed by atoms with Gasteiger partial charge in [0.15, 0.2) is 64.0 Å². The molecular weight excluding hydrogens is 491 g/mol. The zero-order valence-corrected chi connectivity index (χ0v) is 14.9. The Morgan fingerprint density at radius 1 is 0.364 bits per heavy atom. The van der Waals surface area contributed by atoms with Crippen molar-refractivity contribution in [1.82, 2.24) is 0 Å². The summed E-state index contributed by atoms with van der Waals surface area (Å²) in [5, 5.41) is 0.0445. The number of halogens is 13. The maximum Gasteiger partial charge on any atom is 0.200 e. The van der Waals surface area contributed by atoms with Gasteiger partial charge in [-0.05, 0) is 0 Å². The first-order valence-corrected chi connectivity index (χ1v) is 8.13. The van der Waals surface area contributed by atoms with Crippen molar-refractivity contribution < 1.29 is 57.2 Å². The van der Waals surface area contributed by atoms with E-state index in [0.29, 0.717) is 0 Å². The average Bonchev–Trinajstić information content (AvgIpc) is 2.78. The van der Waals surface area contributed by atoms with Crippen LogP contribution in [-0.4, -0.2) is 0 Å². The van der Waals surface area contributed by atoms with Crippen molar-refractivity contribution in [2.45, 2.75) is 0 Å². The topological polar surface area (TPSA) is 15.3 Å². The van der Waals surface area contributed by atoms with Gasteiger partial charge in [-0.3, -0.25) is 0 Å². The predicted octanol–water partition coefficient (Wildman–Crippen LogP) is 7.10. The molecule has 3 aromatic carbocycles. The van der Waals surface area contributed by atoms with Gasteiger partial charge in [-0.15, -0.1) is 0 Å². The van der Waals surface area contributed by atoms with Crippen LogP contribution < -0.4 is 10.4 Å². The van der Waals surface area contributed by atoms with Crippen LogP contribution in [0.1, 0.15) is 0 Å². The molecular formula is C18HF13N2. The molecule has 0 radical (unpaired) electrons. The summed E-state index contributed by atoms with van der Waals surface area (Å²) >= 11 is 0. The van der Waals surface area contributed by atoms with Crippen LogP contribution in [0.25, 0.3) is 11.1 Å². The molecule has 0 aliphatic carbocycles. The molecule has 0 amide bonds. The van der Waals surface area contributed by atoms with E-state index >= 15 is 0 Å². The van der Waals surface area contributed by atoms with Crippen LogP contribution in [0.4, 0.5) is 79.9 Å². The summed E-state index contributed by atoms with van der Waals surface area (Å²) in [6.45, 7) is 0. The number of anilines is 4. The van der Waals surface area contributed by atoms with Crippen molar-refractivity contribution in [3.05, 3.63) is 69.8 Å². The molecule has 1 N–H and O–H groups in total. The Morgan fingerprint density at radius 2 is 0.697 bits per heavy atom. The van der Waals surface area contributed by atoms with Gasteiger partial charge in [-0.1, -0.05) is 4.48 Å². The number of hydrogen-bond donors (Lipinski definition) is 1. The zero-order chi connectivity index (χ0) is 24.7. The minimum absolute atomic E-state index is 1.37. The molecule has 15 heteroatoms. The summed E-state index contributed by atoms with van der Waals surface area (Å²) < 4.78 is 182. The average molecular weight is 492 g/mol. The third kappa shape index (κ3) is 2.77. The maximum absolute atomic E-state index is 14.8. The SMILES string of the molecule is Fc1c(F)c(F)c(-c2c(F)c(F)c(F)c3c2Nc2c(F)c(F)c(F)c(F)c2N3F)c(F)c1F. The number of rotatable bonds is 1. The van der Waals surface area contributed by atoms with Crippen molar-refractivity contribution in [3.8, 4) is 11.1 Å². The normalized spacial score (nSPS) is 12.6. The van der Waals surface area contributed by atoms with Crippen LogP contribution in [-0.2, 0) is 0 Å². The molecule has 0 spiro atoms. The maximum atomic E-state index is 14.8. The van der Waals surface area contributed by atoms with Gasteiger partial charge in [-0.25, -0.2) is 52.7 Å². The first-order chi connectivity index (χ1) is 15.3. The lowest BCUT2D eigenvalue weighted by molar-refractivity contribution is 0.380. The first-order valence-electron chi connectivity index (χ1n) is 8.13. The molecule has 2 nitrogen and oxygen atoms in total. The zero-order valence-electron chi connectivity index (χ0n) is 14.9. The van der Waals surface area contributed by atoms with Crippen LogP contribution in [0.15, 0.2) is 0 Å². The molecule has 0 unspecified atom stereocenters.